The van der Waals surface area contributed by atoms with Gasteiger partial charge in [-0.2, -0.15) is 10.5 Å². The summed E-state index contributed by atoms with van der Waals surface area (Å²) in [4.78, 5) is 11.8. The number of tetrazole rings is 1. The Hall–Kier alpha value is -4.19. The van der Waals surface area contributed by atoms with Gasteiger partial charge in [0, 0.05) is 18.4 Å². The van der Waals surface area contributed by atoms with Crippen molar-refractivity contribution in [3.63, 3.8) is 0 Å². The third-order valence-electron chi connectivity index (χ3n) is 3.69. The highest BCUT2D eigenvalue weighted by molar-refractivity contribution is 5.74. The maximum atomic E-state index is 11.8. The van der Waals surface area contributed by atoms with E-state index in [9.17, 15) is 4.79 Å². The van der Waals surface area contributed by atoms with Crippen molar-refractivity contribution in [2.45, 2.75) is 13.2 Å². The number of nitriles is 1. The summed E-state index contributed by atoms with van der Waals surface area (Å²) in [6.07, 6.45) is 1.02. The number of carbonyl (C=O) groups is 1. The first-order chi connectivity index (χ1) is 13.7. The molecule has 3 N–H and O–H groups in total. The molecule has 0 aliphatic heterocycles. The zero-order chi connectivity index (χ0) is 19.6. The lowest BCUT2D eigenvalue weighted by Gasteiger charge is -2.08. The number of alkyl carbamates (subject to hydrolysis) is 1. The van der Waals surface area contributed by atoms with Crippen LogP contribution in [-0.2, 0) is 17.9 Å². The fraction of sp³-hybridized carbons (Fsp3) is 0.105. The van der Waals surface area contributed by atoms with Gasteiger partial charge in [-0.15, -0.1) is 10.2 Å². The van der Waals surface area contributed by atoms with Gasteiger partial charge in [-0.05, 0) is 28.5 Å². The van der Waals surface area contributed by atoms with Crippen molar-refractivity contribution in [2.24, 2.45) is 0 Å². The van der Waals surface area contributed by atoms with Crippen LogP contribution in [0.3, 0.4) is 0 Å². The number of hydrogen-bond acceptors (Lipinski definition) is 7. The molecule has 0 saturated carbocycles. The summed E-state index contributed by atoms with van der Waals surface area (Å²) in [5.41, 5.74) is 2.86. The number of H-pyrrole nitrogens is 1. The van der Waals surface area contributed by atoms with Crippen LogP contribution in [0.1, 0.15) is 17.0 Å². The molecule has 0 aliphatic rings. The fourth-order valence-corrected chi connectivity index (χ4v) is 2.25. The van der Waals surface area contributed by atoms with Crippen LogP contribution < -0.4 is 10.6 Å². The number of anilines is 1. The molecule has 1 heterocycles. The number of aromatic nitrogens is 4. The zero-order valence-electron chi connectivity index (χ0n) is 14.8. The Morgan fingerprint density at radius 3 is 2.61 bits per heavy atom. The summed E-state index contributed by atoms with van der Waals surface area (Å²) in [5.74, 6) is 0.213. The predicted octanol–water partition coefficient (Wildman–Crippen LogP) is 2.60. The van der Waals surface area contributed by atoms with E-state index in [1.807, 2.05) is 60.7 Å². The molecular weight excluding hydrogens is 358 g/mol. The first-order valence-corrected chi connectivity index (χ1v) is 8.39. The topological polar surface area (TPSA) is 129 Å². The maximum Gasteiger partial charge on any atom is 0.407 e. The number of nitrogens with one attached hydrogen (secondary N) is 3. The average molecular weight is 375 g/mol. The molecule has 3 rings (SSSR count). The predicted molar refractivity (Wildman–Crippen MR) is 101 cm³/mol. The van der Waals surface area contributed by atoms with Gasteiger partial charge < -0.3 is 15.4 Å². The molecular formula is C19H17N7O2. The number of benzene rings is 2. The molecule has 28 heavy (non-hydrogen) atoms. The summed E-state index contributed by atoms with van der Waals surface area (Å²) >= 11 is 0. The van der Waals surface area contributed by atoms with Crippen molar-refractivity contribution in [3.05, 3.63) is 77.7 Å². The molecule has 0 fully saturated rings. The van der Waals surface area contributed by atoms with Crippen molar-refractivity contribution < 1.29 is 9.53 Å². The number of rotatable bonds is 7. The van der Waals surface area contributed by atoms with E-state index in [1.54, 1.807) is 0 Å². The second-order valence-electron chi connectivity index (χ2n) is 5.66. The normalized spacial score (nSPS) is 10.8. The van der Waals surface area contributed by atoms with E-state index in [2.05, 4.69) is 31.3 Å². The molecule has 0 radical (unpaired) electrons. The minimum atomic E-state index is -0.479. The number of carbonyl (C=O) groups excluding carboxylic acids is 1. The Labute approximate surface area is 161 Å². The molecule has 1 amide bonds. The molecule has 3 aromatic rings. The summed E-state index contributed by atoms with van der Waals surface area (Å²) in [6, 6.07) is 18.8. The minimum absolute atomic E-state index is 0.213. The lowest BCUT2D eigenvalue weighted by Crippen LogP contribution is -2.23. The lowest BCUT2D eigenvalue weighted by atomic mass is 10.2. The van der Waals surface area contributed by atoms with Crippen LogP contribution in [0, 0.1) is 11.3 Å². The molecule has 0 saturated heterocycles. The standard InChI is InChI=1S/C19H17N7O2/c20-10-16(18-23-25-26-24-18)12-21-17-8-6-14(7-9-17)11-22-19(27)28-13-15-4-2-1-3-5-15/h1-9,12,21H,11,13H2,(H,22,27)(H,23,24,25,26). The minimum Gasteiger partial charge on any atom is -0.445 e. The summed E-state index contributed by atoms with van der Waals surface area (Å²) in [6.45, 7) is 0.569. The first-order valence-electron chi connectivity index (χ1n) is 8.39. The molecule has 9 heteroatoms. The van der Waals surface area contributed by atoms with Crippen molar-refractivity contribution in [1.82, 2.24) is 25.9 Å². The third-order valence-corrected chi connectivity index (χ3v) is 3.69. The molecule has 9 nitrogen and oxygen atoms in total. The molecule has 0 unspecified atom stereocenters. The number of hydrogen-bond donors (Lipinski definition) is 3. The average Bonchev–Trinajstić information content (AvgIpc) is 3.27. The van der Waals surface area contributed by atoms with Gasteiger partial charge in [0.15, 0.2) is 0 Å². The highest BCUT2D eigenvalue weighted by Crippen LogP contribution is 2.12. The second kappa shape index (κ2) is 9.49. The second-order valence-corrected chi connectivity index (χ2v) is 5.66. The van der Waals surface area contributed by atoms with Gasteiger partial charge in [0.25, 0.3) is 0 Å². The molecule has 2 aromatic carbocycles. The molecule has 0 spiro atoms. The van der Waals surface area contributed by atoms with E-state index >= 15 is 0 Å². The van der Waals surface area contributed by atoms with Crippen molar-refractivity contribution >= 4 is 17.4 Å². The molecule has 0 aliphatic carbocycles. The van der Waals surface area contributed by atoms with Gasteiger partial charge in [0.05, 0.1) is 0 Å². The van der Waals surface area contributed by atoms with Crippen LogP contribution in [0.25, 0.3) is 5.57 Å². The Balaban J connectivity index is 1.46. The van der Waals surface area contributed by atoms with E-state index in [-0.39, 0.29) is 18.0 Å². The SMILES string of the molecule is N#CC(=CNc1ccc(CNC(=O)OCc2ccccc2)cc1)c1nn[nH]n1. The molecule has 0 bridgehead atoms. The van der Waals surface area contributed by atoms with E-state index in [0.29, 0.717) is 6.54 Å². The van der Waals surface area contributed by atoms with E-state index in [1.165, 1.54) is 6.20 Å². The summed E-state index contributed by atoms with van der Waals surface area (Å²) in [5, 5.41) is 28.1. The van der Waals surface area contributed by atoms with Crippen LogP contribution in [0.2, 0.25) is 0 Å². The van der Waals surface area contributed by atoms with Crippen LogP contribution >= 0.6 is 0 Å². The van der Waals surface area contributed by atoms with Crippen LogP contribution in [0.4, 0.5) is 10.5 Å². The molecule has 140 valence electrons. The maximum absolute atomic E-state index is 11.8. The summed E-state index contributed by atoms with van der Waals surface area (Å²) < 4.78 is 5.17. The van der Waals surface area contributed by atoms with Crippen molar-refractivity contribution in [2.75, 3.05) is 5.32 Å². The number of allylic oxidation sites excluding steroid dienone is 1. The zero-order valence-corrected chi connectivity index (χ0v) is 14.8. The molecule has 0 atom stereocenters. The number of aromatic amines is 1. The largest absolute Gasteiger partial charge is 0.445 e. The van der Waals surface area contributed by atoms with E-state index in [4.69, 9.17) is 10.00 Å². The quantitative estimate of drug-likeness (QED) is 0.541. The van der Waals surface area contributed by atoms with Gasteiger partial charge >= 0.3 is 6.09 Å². The van der Waals surface area contributed by atoms with Crippen LogP contribution in [0.5, 0.6) is 0 Å². The highest BCUT2D eigenvalue weighted by Gasteiger charge is 2.06. The lowest BCUT2D eigenvalue weighted by molar-refractivity contribution is 0.139. The Morgan fingerprint density at radius 2 is 1.93 bits per heavy atom. The Kier molecular flexibility index (Phi) is 6.30. The number of ether oxygens (including phenoxy) is 1. The number of amides is 1. The Bertz CT molecular complexity index is 962. The monoisotopic (exact) mass is 375 g/mol. The third kappa shape index (κ3) is 5.40. The van der Waals surface area contributed by atoms with Gasteiger partial charge in [-0.25, -0.2) is 4.79 Å². The first kappa shape index (κ1) is 18.6. The Morgan fingerprint density at radius 1 is 1.14 bits per heavy atom. The highest BCUT2D eigenvalue weighted by atomic mass is 16.5. The van der Waals surface area contributed by atoms with Gasteiger partial charge in [0.1, 0.15) is 18.2 Å². The van der Waals surface area contributed by atoms with Crippen molar-refractivity contribution in [3.8, 4) is 6.07 Å². The van der Waals surface area contributed by atoms with Gasteiger partial charge in [0.2, 0.25) is 5.82 Å². The summed E-state index contributed by atoms with van der Waals surface area (Å²) in [7, 11) is 0. The van der Waals surface area contributed by atoms with Crippen LogP contribution in [-0.4, -0.2) is 26.7 Å². The number of nitrogens with zero attached hydrogens (tertiary/aromatic N) is 4. The van der Waals surface area contributed by atoms with E-state index < -0.39 is 6.09 Å². The fourth-order valence-electron chi connectivity index (χ4n) is 2.25. The molecule has 1 aromatic heterocycles. The van der Waals surface area contributed by atoms with Crippen molar-refractivity contribution in [1.29, 1.82) is 5.26 Å². The van der Waals surface area contributed by atoms with Crippen LogP contribution in [0.15, 0.2) is 60.8 Å². The van der Waals surface area contributed by atoms with Gasteiger partial charge in [-0.3, -0.25) is 0 Å². The van der Waals surface area contributed by atoms with E-state index in [0.717, 1.165) is 16.8 Å². The smallest absolute Gasteiger partial charge is 0.407 e. The van der Waals surface area contributed by atoms with Gasteiger partial charge in [-0.1, -0.05) is 42.5 Å².